The summed E-state index contributed by atoms with van der Waals surface area (Å²) < 4.78 is 11.6. The summed E-state index contributed by atoms with van der Waals surface area (Å²) in [5.41, 5.74) is 3.53. The lowest BCUT2D eigenvalue weighted by molar-refractivity contribution is 0.171. The van der Waals surface area contributed by atoms with Crippen LogP contribution in [-0.4, -0.2) is 32.1 Å². The molecule has 1 spiro atoms. The van der Waals surface area contributed by atoms with Crippen molar-refractivity contribution in [1.29, 1.82) is 0 Å². The van der Waals surface area contributed by atoms with Crippen molar-refractivity contribution in [1.82, 2.24) is 5.32 Å². The third kappa shape index (κ3) is 3.33. The fourth-order valence-electron chi connectivity index (χ4n) is 4.43. The van der Waals surface area contributed by atoms with Crippen LogP contribution in [0.15, 0.2) is 41.4 Å². The van der Waals surface area contributed by atoms with E-state index >= 15 is 0 Å². The lowest BCUT2D eigenvalue weighted by Crippen LogP contribution is -2.48. The van der Waals surface area contributed by atoms with Gasteiger partial charge in [0, 0.05) is 22.2 Å². The highest BCUT2D eigenvalue weighted by molar-refractivity contribution is 6.30. The van der Waals surface area contributed by atoms with Crippen LogP contribution in [0.25, 0.3) is 0 Å². The van der Waals surface area contributed by atoms with Gasteiger partial charge in [-0.1, -0.05) is 23.7 Å². The number of hydrogen-bond acceptors (Lipinski definition) is 4. The van der Waals surface area contributed by atoms with Crippen molar-refractivity contribution < 1.29 is 9.47 Å². The second-order valence-electron chi connectivity index (χ2n) is 7.78. The largest absolute Gasteiger partial charge is 0.486 e. The van der Waals surface area contributed by atoms with Crippen LogP contribution in [0.5, 0.6) is 11.5 Å². The first-order valence-electron chi connectivity index (χ1n) is 9.92. The van der Waals surface area contributed by atoms with E-state index in [2.05, 4.69) is 28.8 Å². The lowest BCUT2D eigenvalue weighted by atomic mass is 9.70. The number of amidine groups is 1. The predicted molar refractivity (Wildman–Crippen MR) is 112 cm³/mol. The minimum absolute atomic E-state index is 0.0422. The molecule has 3 heterocycles. The Hall–Kier alpha value is -2.24. The minimum Gasteiger partial charge on any atom is -0.486 e. The molecule has 28 heavy (non-hydrogen) atoms. The van der Waals surface area contributed by atoms with Gasteiger partial charge >= 0.3 is 0 Å². The van der Waals surface area contributed by atoms with Gasteiger partial charge in [-0.05, 0) is 61.7 Å². The van der Waals surface area contributed by atoms with Crippen molar-refractivity contribution in [2.75, 3.05) is 31.6 Å². The molecule has 0 radical (unpaired) electrons. The summed E-state index contributed by atoms with van der Waals surface area (Å²) in [5.74, 6) is 2.75. The Kier molecular flexibility index (Phi) is 4.65. The molecule has 0 atom stereocenters. The molecular formula is C22H24ClN3O2. The van der Waals surface area contributed by atoms with Crippen LogP contribution in [0.1, 0.15) is 24.0 Å². The van der Waals surface area contributed by atoms with Gasteiger partial charge in [0.05, 0.1) is 6.54 Å². The van der Waals surface area contributed by atoms with Crippen molar-refractivity contribution in [3.05, 3.63) is 52.5 Å². The zero-order valence-corrected chi connectivity index (χ0v) is 16.5. The molecule has 0 bridgehead atoms. The maximum Gasteiger partial charge on any atom is 0.163 e. The summed E-state index contributed by atoms with van der Waals surface area (Å²) in [7, 11) is 0. The second kappa shape index (κ2) is 7.30. The third-order valence-corrected chi connectivity index (χ3v) is 6.16. The van der Waals surface area contributed by atoms with Gasteiger partial charge in [-0.25, -0.2) is 0 Å². The highest BCUT2D eigenvalue weighted by Crippen LogP contribution is 2.45. The molecule has 0 saturated carbocycles. The molecule has 5 nitrogen and oxygen atoms in total. The molecule has 0 amide bonds. The first kappa shape index (κ1) is 17.8. The Labute approximate surface area is 170 Å². The van der Waals surface area contributed by atoms with Gasteiger partial charge in [-0.2, -0.15) is 0 Å². The van der Waals surface area contributed by atoms with Gasteiger partial charge in [-0.3, -0.25) is 4.99 Å². The van der Waals surface area contributed by atoms with Crippen molar-refractivity contribution >= 4 is 23.1 Å². The first-order valence-corrected chi connectivity index (χ1v) is 10.3. The fourth-order valence-corrected chi connectivity index (χ4v) is 4.65. The molecule has 2 aromatic rings. The standard InChI is InChI=1S/C22H24ClN3O2/c23-17-3-1-2-15(10-17)14-25-21-22(4-6-24-7-5-22)13-16-11-19-20(12-18(16)26-21)28-9-8-27-19/h1-3,10-12,24H,4-9,13-14H2,(H,25,26). The Morgan fingerprint density at radius 3 is 2.61 bits per heavy atom. The molecule has 2 N–H and O–H groups in total. The lowest BCUT2D eigenvalue weighted by Gasteiger charge is -2.43. The van der Waals surface area contributed by atoms with Crippen molar-refractivity contribution in [2.45, 2.75) is 25.8 Å². The number of aliphatic imine (C=N–C) groups is 1. The second-order valence-corrected chi connectivity index (χ2v) is 8.22. The Morgan fingerprint density at radius 2 is 1.82 bits per heavy atom. The van der Waals surface area contributed by atoms with Crippen molar-refractivity contribution in [3.63, 3.8) is 0 Å². The molecule has 2 aromatic carbocycles. The zero-order valence-electron chi connectivity index (χ0n) is 15.8. The summed E-state index contributed by atoms with van der Waals surface area (Å²) >= 11 is 6.14. The summed E-state index contributed by atoms with van der Waals surface area (Å²) in [6.45, 7) is 3.85. The number of rotatable bonds is 2. The van der Waals surface area contributed by atoms with Crippen LogP contribution in [0.2, 0.25) is 5.02 Å². The van der Waals surface area contributed by atoms with Gasteiger partial charge in [0.25, 0.3) is 0 Å². The number of halogens is 1. The molecule has 1 saturated heterocycles. The number of fused-ring (bicyclic) bond motifs is 2. The predicted octanol–water partition coefficient (Wildman–Crippen LogP) is 4.05. The number of benzene rings is 2. The van der Waals surface area contributed by atoms with E-state index in [1.165, 1.54) is 5.56 Å². The number of anilines is 1. The van der Waals surface area contributed by atoms with E-state index in [1.807, 2.05) is 18.2 Å². The van der Waals surface area contributed by atoms with Crippen LogP contribution in [0.3, 0.4) is 0 Å². The average molecular weight is 398 g/mol. The SMILES string of the molecule is Clc1cccc(CN=C2Nc3cc4c(cc3CC23CCNCC3)OCCO4)c1. The Bertz CT molecular complexity index is 922. The summed E-state index contributed by atoms with van der Waals surface area (Å²) in [4.78, 5) is 5.03. The minimum atomic E-state index is 0.0422. The summed E-state index contributed by atoms with van der Waals surface area (Å²) in [6.07, 6.45) is 3.12. The van der Waals surface area contributed by atoms with Crippen molar-refractivity contribution in [2.24, 2.45) is 10.4 Å². The quantitative estimate of drug-likeness (QED) is 0.802. The van der Waals surface area contributed by atoms with Crippen LogP contribution in [0, 0.1) is 5.41 Å². The topological polar surface area (TPSA) is 54.9 Å². The van der Waals surface area contributed by atoms with Crippen LogP contribution < -0.4 is 20.1 Å². The maximum atomic E-state index is 6.14. The monoisotopic (exact) mass is 397 g/mol. The number of hydrogen-bond donors (Lipinski definition) is 2. The molecule has 3 aliphatic rings. The summed E-state index contributed by atoms with van der Waals surface area (Å²) in [5, 5.41) is 7.88. The number of nitrogens with one attached hydrogen (secondary N) is 2. The normalized spacial score (nSPS) is 21.2. The molecule has 5 rings (SSSR count). The highest BCUT2D eigenvalue weighted by Gasteiger charge is 2.41. The first-order chi connectivity index (χ1) is 13.7. The van der Waals surface area contributed by atoms with Gasteiger partial charge in [0.2, 0.25) is 0 Å². The van der Waals surface area contributed by atoms with E-state index in [-0.39, 0.29) is 5.41 Å². The van der Waals surface area contributed by atoms with E-state index in [0.29, 0.717) is 19.8 Å². The van der Waals surface area contributed by atoms with Crippen LogP contribution >= 0.6 is 11.6 Å². The average Bonchev–Trinajstić information content (AvgIpc) is 2.71. The van der Waals surface area contributed by atoms with Gasteiger partial charge in [0.1, 0.15) is 19.0 Å². The smallest absolute Gasteiger partial charge is 0.163 e. The number of nitrogens with zero attached hydrogens (tertiary/aromatic N) is 1. The van der Waals surface area contributed by atoms with Gasteiger partial charge in [0.15, 0.2) is 11.5 Å². The van der Waals surface area contributed by atoms with Crippen LogP contribution in [0.4, 0.5) is 5.69 Å². The van der Waals surface area contributed by atoms with E-state index in [4.69, 9.17) is 26.1 Å². The Morgan fingerprint density at radius 1 is 1.04 bits per heavy atom. The van der Waals surface area contributed by atoms with E-state index in [9.17, 15) is 0 Å². The molecule has 1 fully saturated rings. The van der Waals surface area contributed by atoms with Gasteiger partial charge in [-0.15, -0.1) is 0 Å². The maximum absolute atomic E-state index is 6.14. The molecule has 0 unspecified atom stereocenters. The molecule has 6 heteroatoms. The van der Waals surface area contributed by atoms with Crippen molar-refractivity contribution in [3.8, 4) is 11.5 Å². The molecule has 3 aliphatic heterocycles. The molecule has 0 aromatic heterocycles. The summed E-state index contributed by atoms with van der Waals surface area (Å²) in [6, 6.07) is 12.1. The molecular weight excluding hydrogens is 374 g/mol. The number of ether oxygens (including phenoxy) is 2. The van der Waals surface area contributed by atoms with E-state index in [1.54, 1.807) is 0 Å². The highest BCUT2D eigenvalue weighted by atomic mass is 35.5. The Balaban J connectivity index is 1.50. The number of piperidine rings is 1. The van der Waals surface area contributed by atoms with Crippen LogP contribution in [-0.2, 0) is 13.0 Å². The zero-order chi connectivity index (χ0) is 19.0. The van der Waals surface area contributed by atoms with E-state index < -0.39 is 0 Å². The third-order valence-electron chi connectivity index (χ3n) is 5.92. The fraction of sp³-hybridized carbons (Fsp3) is 0.409. The molecule has 146 valence electrons. The molecule has 0 aliphatic carbocycles. The van der Waals surface area contributed by atoms with E-state index in [0.717, 1.165) is 66.0 Å². The van der Waals surface area contributed by atoms with Gasteiger partial charge < -0.3 is 20.1 Å².